The van der Waals surface area contributed by atoms with Gasteiger partial charge < -0.3 is 15.8 Å². The zero-order valence-corrected chi connectivity index (χ0v) is 15.6. The van der Waals surface area contributed by atoms with Crippen molar-refractivity contribution >= 4 is 27.3 Å². The van der Waals surface area contributed by atoms with E-state index in [9.17, 15) is 35.2 Å². The lowest BCUT2D eigenvalue weighted by atomic mass is 10.2. The van der Waals surface area contributed by atoms with E-state index in [0.29, 0.717) is 0 Å². The van der Waals surface area contributed by atoms with Crippen LogP contribution in [0.25, 0.3) is 0 Å². The standard InChI is InChI=1S/C16H14F5N3O4S/c1-6(22)16(25)23-8-5-7(3-4-9(8)28-2)24-29(26,27)15-13(20)11(18)10(17)12(19)14(15)21/h3-6,24H,22H2,1-2H3,(H,23,25)/t6-/m0/s1. The molecule has 0 aliphatic rings. The lowest BCUT2D eigenvalue weighted by molar-refractivity contribution is -0.117. The summed E-state index contributed by atoms with van der Waals surface area (Å²) in [5.41, 5.74) is 4.99. The van der Waals surface area contributed by atoms with Crippen LogP contribution < -0.4 is 20.5 Å². The van der Waals surface area contributed by atoms with Crippen molar-refractivity contribution in [2.45, 2.75) is 17.9 Å². The van der Waals surface area contributed by atoms with E-state index in [1.807, 2.05) is 0 Å². The maximum Gasteiger partial charge on any atom is 0.267 e. The van der Waals surface area contributed by atoms with E-state index in [1.165, 1.54) is 20.1 Å². The Kier molecular flexibility index (Phi) is 6.33. The molecule has 0 bridgehead atoms. The van der Waals surface area contributed by atoms with E-state index in [2.05, 4.69) is 5.32 Å². The highest BCUT2D eigenvalue weighted by molar-refractivity contribution is 7.92. The smallest absolute Gasteiger partial charge is 0.267 e. The largest absolute Gasteiger partial charge is 0.495 e. The van der Waals surface area contributed by atoms with Crippen LogP contribution in [-0.2, 0) is 14.8 Å². The molecule has 2 aromatic rings. The maximum absolute atomic E-state index is 13.8. The Labute approximate surface area is 161 Å². The molecule has 0 spiro atoms. The van der Waals surface area contributed by atoms with Crippen molar-refractivity contribution in [3.8, 4) is 5.75 Å². The summed E-state index contributed by atoms with van der Waals surface area (Å²) >= 11 is 0. The van der Waals surface area contributed by atoms with Gasteiger partial charge in [0.25, 0.3) is 10.0 Å². The molecule has 2 rings (SSSR count). The van der Waals surface area contributed by atoms with Crippen molar-refractivity contribution in [1.29, 1.82) is 0 Å². The molecule has 7 nitrogen and oxygen atoms in total. The number of halogens is 5. The number of hydrogen-bond donors (Lipinski definition) is 3. The SMILES string of the molecule is COc1ccc(NS(=O)(=O)c2c(F)c(F)c(F)c(F)c2F)cc1NC(=O)[C@H](C)N. The minimum atomic E-state index is -5.24. The first-order valence-electron chi connectivity index (χ1n) is 7.69. The second kappa shape index (κ2) is 8.21. The zero-order valence-electron chi connectivity index (χ0n) is 14.8. The minimum absolute atomic E-state index is 0.0626. The van der Waals surface area contributed by atoms with Gasteiger partial charge in [0.1, 0.15) is 5.75 Å². The molecule has 0 aromatic heterocycles. The van der Waals surface area contributed by atoms with Crippen molar-refractivity contribution in [1.82, 2.24) is 0 Å². The van der Waals surface area contributed by atoms with Crippen LogP contribution >= 0.6 is 0 Å². The van der Waals surface area contributed by atoms with E-state index in [1.54, 1.807) is 4.72 Å². The lowest BCUT2D eigenvalue weighted by Gasteiger charge is -2.15. The summed E-state index contributed by atoms with van der Waals surface area (Å²) in [5, 5.41) is 2.33. The van der Waals surface area contributed by atoms with Crippen LogP contribution in [0.15, 0.2) is 23.1 Å². The van der Waals surface area contributed by atoms with Gasteiger partial charge in [-0.05, 0) is 25.1 Å². The second-order valence-corrected chi connectivity index (χ2v) is 7.32. The number of hydrogen-bond acceptors (Lipinski definition) is 5. The summed E-state index contributed by atoms with van der Waals surface area (Å²) in [7, 11) is -4.00. The van der Waals surface area contributed by atoms with Gasteiger partial charge in [0, 0.05) is 0 Å². The summed E-state index contributed by atoms with van der Waals surface area (Å²) in [6, 6.07) is 2.33. The van der Waals surface area contributed by atoms with Crippen LogP contribution in [0.4, 0.5) is 33.3 Å². The molecule has 4 N–H and O–H groups in total. The van der Waals surface area contributed by atoms with Crippen molar-refractivity contribution in [3.05, 3.63) is 47.3 Å². The number of benzene rings is 2. The van der Waals surface area contributed by atoms with Gasteiger partial charge in [0.15, 0.2) is 28.2 Å². The van der Waals surface area contributed by atoms with Crippen LogP contribution in [0.1, 0.15) is 6.92 Å². The Hall–Kier alpha value is -2.93. The molecule has 0 radical (unpaired) electrons. The molecule has 0 aliphatic heterocycles. The van der Waals surface area contributed by atoms with E-state index in [0.717, 1.165) is 12.1 Å². The van der Waals surface area contributed by atoms with Crippen LogP contribution in [0.2, 0.25) is 0 Å². The highest BCUT2D eigenvalue weighted by atomic mass is 32.2. The molecule has 29 heavy (non-hydrogen) atoms. The van der Waals surface area contributed by atoms with Gasteiger partial charge in [-0.3, -0.25) is 9.52 Å². The first-order chi connectivity index (χ1) is 13.4. The van der Waals surface area contributed by atoms with Gasteiger partial charge in [-0.25, -0.2) is 30.4 Å². The number of nitrogens with one attached hydrogen (secondary N) is 2. The first-order valence-corrected chi connectivity index (χ1v) is 9.17. The van der Waals surface area contributed by atoms with Crippen LogP contribution in [0.3, 0.4) is 0 Å². The van der Waals surface area contributed by atoms with E-state index in [4.69, 9.17) is 10.5 Å². The van der Waals surface area contributed by atoms with Crippen molar-refractivity contribution < 1.29 is 39.9 Å². The molecule has 0 unspecified atom stereocenters. The topological polar surface area (TPSA) is 111 Å². The fourth-order valence-corrected chi connectivity index (χ4v) is 3.33. The predicted octanol–water partition coefficient (Wildman–Crippen LogP) is 2.48. The van der Waals surface area contributed by atoms with Gasteiger partial charge in [-0.2, -0.15) is 0 Å². The summed E-state index contributed by atoms with van der Waals surface area (Å²) in [5.74, 6) is -12.9. The maximum atomic E-state index is 13.8. The number of sulfonamides is 1. The van der Waals surface area contributed by atoms with Gasteiger partial charge in [-0.15, -0.1) is 0 Å². The monoisotopic (exact) mass is 439 g/mol. The molecule has 0 saturated heterocycles. The molecule has 158 valence electrons. The summed E-state index contributed by atoms with van der Waals surface area (Å²) < 4.78 is 98.6. The molecule has 2 aromatic carbocycles. The summed E-state index contributed by atoms with van der Waals surface area (Å²) in [4.78, 5) is 9.70. The van der Waals surface area contributed by atoms with E-state index in [-0.39, 0.29) is 17.1 Å². The Morgan fingerprint density at radius 1 is 1.03 bits per heavy atom. The molecule has 1 atom stereocenters. The van der Waals surface area contributed by atoms with Crippen molar-refractivity contribution in [3.63, 3.8) is 0 Å². The molecule has 13 heteroatoms. The molecule has 0 saturated carbocycles. The van der Waals surface area contributed by atoms with Crippen LogP contribution in [0.5, 0.6) is 5.75 Å². The number of methoxy groups -OCH3 is 1. The van der Waals surface area contributed by atoms with E-state index >= 15 is 0 Å². The van der Waals surface area contributed by atoms with Crippen molar-refractivity contribution in [2.24, 2.45) is 5.73 Å². The molecule has 0 heterocycles. The number of rotatable bonds is 6. The highest BCUT2D eigenvalue weighted by Crippen LogP contribution is 2.31. The third kappa shape index (κ3) is 4.40. The fourth-order valence-electron chi connectivity index (χ4n) is 2.14. The van der Waals surface area contributed by atoms with Gasteiger partial charge in [0.2, 0.25) is 11.7 Å². The third-order valence-corrected chi connectivity index (χ3v) is 4.96. The first kappa shape index (κ1) is 22.4. The Morgan fingerprint density at radius 3 is 2.03 bits per heavy atom. The van der Waals surface area contributed by atoms with E-state index < -0.39 is 56.0 Å². The quantitative estimate of drug-likeness (QED) is 0.364. The predicted molar refractivity (Wildman–Crippen MR) is 92.3 cm³/mol. The van der Waals surface area contributed by atoms with Gasteiger partial charge in [0.05, 0.1) is 24.5 Å². The molecule has 0 fully saturated rings. The third-order valence-electron chi connectivity index (χ3n) is 3.56. The number of carbonyl (C=O) groups excluding carboxylic acids is 1. The Morgan fingerprint density at radius 2 is 1.55 bits per heavy atom. The average Bonchev–Trinajstić information content (AvgIpc) is 2.64. The van der Waals surface area contributed by atoms with Crippen LogP contribution in [-0.4, -0.2) is 27.5 Å². The molecule has 0 aliphatic carbocycles. The Balaban J connectivity index is 2.50. The van der Waals surface area contributed by atoms with Crippen LogP contribution in [0, 0.1) is 29.1 Å². The average molecular weight is 439 g/mol. The lowest BCUT2D eigenvalue weighted by Crippen LogP contribution is -2.32. The molecular weight excluding hydrogens is 425 g/mol. The normalized spacial score (nSPS) is 12.4. The number of amides is 1. The number of nitrogens with two attached hydrogens (primary N) is 1. The zero-order chi connectivity index (χ0) is 22.1. The van der Waals surface area contributed by atoms with Gasteiger partial charge in [-0.1, -0.05) is 0 Å². The minimum Gasteiger partial charge on any atom is -0.495 e. The number of ether oxygens (including phenoxy) is 1. The fraction of sp³-hybridized carbons (Fsp3) is 0.188. The summed E-state index contributed by atoms with van der Waals surface area (Å²) in [6.45, 7) is 1.37. The van der Waals surface area contributed by atoms with Gasteiger partial charge >= 0.3 is 0 Å². The second-order valence-electron chi connectivity index (χ2n) is 5.70. The number of carbonyl (C=O) groups is 1. The number of anilines is 2. The molecular formula is C16H14F5N3O4S. The highest BCUT2D eigenvalue weighted by Gasteiger charge is 2.33. The Bertz CT molecular complexity index is 1050. The summed E-state index contributed by atoms with van der Waals surface area (Å²) in [6.07, 6.45) is 0. The molecule has 1 amide bonds. The van der Waals surface area contributed by atoms with Crippen molar-refractivity contribution in [2.75, 3.05) is 17.1 Å².